The first-order chi connectivity index (χ1) is 15.3. The molecular formula is C20H19N3O8S. The number of hydrogen-bond donors (Lipinski definition) is 0. The number of ether oxygens (including phenoxy) is 4. The van der Waals surface area contributed by atoms with Gasteiger partial charge in [-0.15, -0.1) is 0 Å². The number of nitro groups is 1. The predicted octanol–water partition coefficient (Wildman–Crippen LogP) is 2.55. The number of aromatic nitrogens is 1. The van der Waals surface area contributed by atoms with E-state index in [4.69, 9.17) is 18.9 Å². The average Bonchev–Trinajstić information content (AvgIpc) is 3.13. The van der Waals surface area contributed by atoms with E-state index >= 15 is 0 Å². The second-order valence-corrected chi connectivity index (χ2v) is 7.30. The van der Waals surface area contributed by atoms with Crippen LogP contribution in [0, 0.1) is 10.1 Å². The highest BCUT2D eigenvalue weighted by Crippen LogP contribution is 2.38. The molecule has 0 bridgehead atoms. The van der Waals surface area contributed by atoms with Gasteiger partial charge in [0.15, 0.2) is 16.3 Å². The molecule has 3 rings (SSSR count). The molecule has 12 heteroatoms. The minimum Gasteiger partial charge on any atom is -0.493 e. The number of hydrogen-bond acceptors (Lipinski definition) is 9. The van der Waals surface area contributed by atoms with Crippen LogP contribution in [0.25, 0.3) is 10.2 Å². The predicted molar refractivity (Wildman–Crippen MR) is 114 cm³/mol. The number of nitrogens with zero attached hydrogens (tertiary/aromatic N) is 3. The molecular weight excluding hydrogens is 442 g/mol. The minimum absolute atomic E-state index is 0.119. The molecule has 0 atom stereocenters. The van der Waals surface area contributed by atoms with Crippen molar-refractivity contribution in [3.05, 3.63) is 50.8 Å². The van der Waals surface area contributed by atoms with Crippen LogP contribution < -0.4 is 19.0 Å². The van der Waals surface area contributed by atoms with Crippen molar-refractivity contribution in [2.75, 3.05) is 28.4 Å². The molecule has 1 aromatic heterocycles. The molecule has 0 spiro atoms. The van der Waals surface area contributed by atoms with E-state index in [1.54, 1.807) is 0 Å². The quantitative estimate of drug-likeness (QED) is 0.298. The van der Waals surface area contributed by atoms with Crippen LogP contribution in [-0.4, -0.2) is 49.8 Å². The van der Waals surface area contributed by atoms with Crippen LogP contribution in [0.5, 0.6) is 17.2 Å². The summed E-state index contributed by atoms with van der Waals surface area (Å²) in [7, 11) is 5.52. The van der Waals surface area contributed by atoms with Crippen molar-refractivity contribution >= 4 is 39.1 Å². The molecule has 168 valence electrons. The largest absolute Gasteiger partial charge is 0.493 e. The lowest BCUT2D eigenvalue weighted by atomic mass is 10.1. The Morgan fingerprint density at radius 3 is 2.25 bits per heavy atom. The van der Waals surface area contributed by atoms with Crippen LogP contribution in [0.4, 0.5) is 5.69 Å². The summed E-state index contributed by atoms with van der Waals surface area (Å²) in [5.41, 5.74) is 0.543. The van der Waals surface area contributed by atoms with Crippen molar-refractivity contribution in [2.45, 2.75) is 6.54 Å². The maximum absolute atomic E-state index is 13.0. The van der Waals surface area contributed by atoms with E-state index in [1.165, 1.54) is 63.3 Å². The minimum atomic E-state index is -0.635. The Morgan fingerprint density at radius 2 is 1.72 bits per heavy atom. The average molecular weight is 461 g/mol. The third kappa shape index (κ3) is 4.39. The molecule has 32 heavy (non-hydrogen) atoms. The Bertz CT molecular complexity index is 1250. The lowest BCUT2D eigenvalue weighted by Crippen LogP contribution is -2.22. The van der Waals surface area contributed by atoms with E-state index in [0.29, 0.717) is 16.0 Å². The van der Waals surface area contributed by atoms with Gasteiger partial charge in [-0.3, -0.25) is 19.7 Å². The number of nitro benzene ring substituents is 1. The molecule has 0 aliphatic rings. The van der Waals surface area contributed by atoms with Gasteiger partial charge in [-0.05, 0) is 18.2 Å². The zero-order chi connectivity index (χ0) is 23.4. The SMILES string of the molecule is COC(=O)Cn1c(=NC(=O)c2cc(OC)c(OC)c(OC)c2)sc2cc([N+](=O)[O-])ccc21. The normalized spacial score (nSPS) is 11.3. The first kappa shape index (κ1) is 22.7. The fourth-order valence-electron chi connectivity index (χ4n) is 2.96. The van der Waals surface area contributed by atoms with Crippen LogP contribution in [0.3, 0.4) is 0 Å². The second-order valence-electron chi connectivity index (χ2n) is 6.29. The van der Waals surface area contributed by atoms with Crippen LogP contribution in [0.15, 0.2) is 35.3 Å². The summed E-state index contributed by atoms with van der Waals surface area (Å²) >= 11 is 1.03. The molecule has 0 radical (unpaired) electrons. The summed E-state index contributed by atoms with van der Waals surface area (Å²) in [6, 6.07) is 7.08. The molecule has 0 N–H and O–H groups in total. The van der Waals surface area contributed by atoms with Crippen LogP contribution >= 0.6 is 11.3 Å². The van der Waals surface area contributed by atoms with Gasteiger partial charge in [0.25, 0.3) is 11.6 Å². The number of carbonyl (C=O) groups is 2. The molecule has 1 heterocycles. The molecule has 0 aliphatic carbocycles. The number of fused-ring (bicyclic) bond motifs is 1. The second kappa shape index (κ2) is 9.47. The number of thiazole rings is 1. The molecule has 2 aromatic carbocycles. The Labute approximate surface area is 185 Å². The fraction of sp³-hybridized carbons (Fsp3) is 0.250. The van der Waals surface area contributed by atoms with E-state index < -0.39 is 16.8 Å². The first-order valence-corrected chi connectivity index (χ1v) is 9.88. The van der Waals surface area contributed by atoms with E-state index in [1.807, 2.05) is 0 Å². The Kier molecular flexibility index (Phi) is 6.73. The summed E-state index contributed by atoms with van der Waals surface area (Å²) in [6.07, 6.45) is 0. The zero-order valence-electron chi connectivity index (χ0n) is 17.6. The van der Waals surface area contributed by atoms with Crippen molar-refractivity contribution in [1.29, 1.82) is 0 Å². The number of methoxy groups -OCH3 is 4. The molecule has 0 saturated carbocycles. The summed E-state index contributed by atoms with van der Waals surface area (Å²) in [4.78, 5) is 39.8. The molecule has 0 aliphatic heterocycles. The number of esters is 1. The van der Waals surface area contributed by atoms with Gasteiger partial charge in [0.1, 0.15) is 6.54 Å². The number of benzene rings is 2. The lowest BCUT2D eigenvalue weighted by molar-refractivity contribution is -0.384. The summed E-state index contributed by atoms with van der Waals surface area (Å²) in [6.45, 7) is -0.227. The standard InChI is InChI=1S/C20H19N3O8S/c1-28-14-7-11(8-15(29-2)18(14)31-4)19(25)21-20-22(10-17(24)30-3)13-6-5-12(23(26)27)9-16(13)32-20/h5-9H,10H2,1-4H3. The highest BCUT2D eigenvalue weighted by Gasteiger charge is 2.19. The van der Waals surface area contributed by atoms with Gasteiger partial charge < -0.3 is 23.5 Å². The fourth-order valence-corrected chi connectivity index (χ4v) is 4.02. The Morgan fingerprint density at radius 1 is 1.06 bits per heavy atom. The smallest absolute Gasteiger partial charge is 0.325 e. The molecule has 1 amide bonds. The van der Waals surface area contributed by atoms with E-state index in [2.05, 4.69) is 4.99 Å². The maximum atomic E-state index is 13.0. The Balaban J connectivity index is 2.18. The van der Waals surface area contributed by atoms with Crippen LogP contribution in [0.2, 0.25) is 0 Å². The van der Waals surface area contributed by atoms with Gasteiger partial charge in [-0.2, -0.15) is 4.99 Å². The summed E-state index contributed by atoms with van der Waals surface area (Å²) in [5.74, 6) is -0.324. The highest BCUT2D eigenvalue weighted by atomic mass is 32.1. The first-order valence-electron chi connectivity index (χ1n) is 9.06. The van der Waals surface area contributed by atoms with E-state index in [-0.39, 0.29) is 34.1 Å². The summed E-state index contributed by atoms with van der Waals surface area (Å²) in [5, 5.41) is 11.1. The monoisotopic (exact) mass is 461 g/mol. The number of amides is 1. The number of non-ortho nitro benzene ring substituents is 1. The topological polar surface area (TPSA) is 131 Å². The van der Waals surface area contributed by atoms with Gasteiger partial charge in [-0.1, -0.05) is 11.3 Å². The van der Waals surface area contributed by atoms with Gasteiger partial charge >= 0.3 is 5.97 Å². The van der Waals surface area contributed by atoms with Crippen molar-refractivity contribution < 1.29 is 33.5 Å². The van der Waals surface area contributed by atoms with Crippen molar-refractivity contribution in [3.63, 3.8) is 0 Å². The van der Waals surface area contributed by atoms with Crippen LogP contribution in [0.1, 0.15) is 10.4 Å². The van der Waals surface area contributed by atoms with Gasteiger partial charge in [0.2, 0.25) is 5.75 Å². The summed E-state index contributed by atoms with van der Waals surface area (Å²) < 4.78 is 22.5. The zero-order valence-corrected chi connectivity index (χ0v) is 18.4. The molecule has 0 fully saturated rings. The van der Waals surface area contributed by atoms with Crippen molar-refractivity contribution in [1.82, 2.24) is 4.57 Å². The number of carbonyl (C=O) groups excluding carboxylic acids is 2. The molecule has 0 unspecified atom stereocenters. The molecule has 3 aromatic rings. The molecule has 0 saturated heterocycles. The third-order valence-electron chi connectivity index (χ3n) is 4.50. The van der Waals surface area contributed by atoms with E-state index in [0.717, 1.165) is 11.3 Å². The van der Waals surface area contributed by atoms with Gasteiger partial charge in [-0.25, -0.2) is 0 Å². The maximum Gasteiger partial charge on any atom is 0.325 e. The van der Waals surface area contributed by atoms with Gasteiger partial charge in [0.05, 0.1) is 43.6 Å². The van der Waals surface area contributed by atoms with Gasteiger partial charge in [0, 0.05) is 17.7 Å². The Hall–Kier alpha value is -3.93. The van der Waals surface area contributed by atoms with Crippen molar-refractivity contribution in [2.24, 2.45) is 4.99 Å². The number of rotatable bonds is 7. The van der Waals surface area contributed by atoms with E-state index in [9.17, 15) is 19.7 Å². The lowest BCUT2D eigenvalue weighted by Gasteiger charge is -2.12. The molecule has 11 nitrogen and oxygen atoms in total. The van der Waals surface area contributed by atoms with Crippen LogP contribution in [-0.2, 0) is 16.1 Å². The van der Waals surface area contributed by atoms with Crippen molar-refractivity contribution in [3.8, 4) is 17.2 Å². The highest BCUT2D eigenvalue weighted by molar-refractivity contribution is 7.16. The third-order valence-corrected chi connectivity index (χ3v) is 5.54.